The smallest absolute Gasteiger partial charge is 0.271 e. The number of carbonyl (C=O) groups is 1. The molecule has 2 heterocycles. The van der Waals surface area contributed by atoms with E-state index in [4.69, 9.17) is 0 Å². The molecule has 31 heavy (non-hydrogen) atoms. The number of hydrogen-bond donors (Lipinski definition) is 1. The molecule has 8 nitrogen and oxygen atoms in total. The summed E-state index contributed by atoms with van der Waals surface area (Å²) in [5, 5.41) is 18.5. The molecule has 0 aliphatic carbocycles. The van der Waals surface area contributed by atoms with E-state index >= 15 is 0 Å². The van der Waals surface area contributed by atoms with Gasteiger partial charge in [0, 0.05) is 36.6 Å². The van der Waals surface area contributed by atoms with E-state index in [9.17, 15) is 19.3 Å². The molecular formula is C22H16FN5O3. The molecule has 2 aromatic carbocycles. The van der Waals surface area contributed by atoms with Crippen molar-refractivity contribution in [1.82, 2.24) is 20.1 Å². The molecule has 4 aromatic rings. The van der Waals surface area contributed by atoms with Crippen LogP contribution in [0.5, 0.6) is 0 Å². The molecule has 0 radical (unpaired) electrons. The Balaban J connectivity index is 1.73. The van der Waals surface area contributed by atoms with Crippen molar-refractivity contribution >= 4 is 11.6 Å². The number of carbonyl (C=O) groups excluding carboxylic acids is 1. The fraction of sp³-hybridized carbons (Fsp3) is 0.0455. The molecule has 0 fully saturated rings. The number of non-ortho nitro benzene ring substituents is 1. The molecule has 0 saturated carbocycles. The Morgan fingerprint density at radius 3 is 2.52 bits per heavy atom. The zero-order valence-electron chi connectivity index (χ0n) is 16.1. The third kappa shape index (κ3) is 4.45. The van der Waals surface area contributed by atoms with Gasteiger partial charge in [0.1, 0.15) is 11.5 Å². The van der Waals surface area contributed by atoms with Crippen LogP contribution in [-0.4, -0.2) is 25.6 Å². The molecule has 2 aromatic heterocycles. The molecule has 0 saturated heterocycles. The first-order chi connectivity index (χ1) is 15.0. The number of nitrogens with one attached hydrogen (secondary N) is 1. The van der Waals surface area contributed by atoms with Gasteiger partial charge in [0.05, 0.1) is 16.3 Å². The second kappa shape index (κ2) is 8.54. The number of amides is 1. The summed E-state index contributed by atoms with van der Waals surface area (Å²) in [7, 11) is 0. The minimum Gasteiger partial charge on any atom is -0.347 e. The van der Waals surface area contributed by atoms with Crippen molar-refractivity contribution in [2.75, 3.05) is 0 Å². The number of hydrogen-bond acceptors (Lipinski definition) is 5. The molecule has 1 amide bonds. The number of nitro benzene ring substituents is 1. The van der Waals surface area contributed by atoms with E-state index in [2.05, 4.69) is 15.4 Å². The third-order valence-electron chi connectivity index (χ3n) is 4.57. The minimum absolute atomic E-state index is 0.125. The highest BCUT2D eigenvalue weighted by molar-refractivity contribution is 5.94. The van der Waals surface area contributed by atoms with Gasteiger partial charge in [-0.2, -0.15) is 5.10 Å². The largest absolute Gasteiger partial charge is 0.347 e. The van der Waals surface area contributed by atoms with Gasteiger partial charge in [0.25, 0.3) is 11.6 Å². The van der Waals surface area contributed by atoms with Gasteiger partial charge in [-0.05, 0) is 54.1 Å². The van der Waals surface area contributed by atoms with E-state index in [1.165, 1.54) is 35.0 Å². The lowest BCUT2D eigenvalue weighted by atomic mass is 10.1. The van der Waals surface area contributed by atoms with E-state index in [0.29, 0.717) is 16.9 Å². The minimum atomic E-state index is -0.517. The summed E-state index contributed by atoms with van der Waals surface area (Å²) in [5.41, 5.74) is 2.32. The van der Waals surface area contributed by atoms with Gasteiger partial charge in [0.2, 0.25) is 0 Å². The van der Waals surface area contributed by atoms with Crippen LogP contribution in [0.1, 0.15) is 16.1 Å². The second-order valence-corrected chi connectivity index (χ2v) is 6.65. The van der Waals surface area contributed by atoms with Crippen LogP contribution in [0.15, 0.2) is 79.1 Å². The Hall–Kier alpha value is -4.40. The zero-order chi connectivity index (χ0) is 21.8. The molecule has 0 spiro atoms. The summed E-state index contributed by atoms with van der Waals surface area (Å²) in [4.78, 5) is 27.6. The van der Waals surface area contributed by atoms with Crippen molar-refractivity contribution in [3.8, 4) is 16.9 Å². The topological polar surface area (TPSA) is 103 Å². The van der Waals surface area contributed by atoms with Gasteiger partial charge in [0.15, 0.2) is 0 Å². The lowest BCUT2D eigenvalue weighted by Crippen LogP contribution is -2.25. The highest BCUT2D eigenvalue weighted by Crippen LogP contribution is 2.24. The van der Waals surface area contributed by atoms with Crippen LogP contribution >= 0.6 is 0 Å². The van der Waals surface area contributed by atoms with E-state index in [-0.39, 0.29) is 17.9 Å². The summed E-state index contributed by atoms with van der Waals surface area (Å²) >= 11 is 0. The molecule has 0 aliphatic heterocycles. The molecule has 1 N–H and O–H groups in total. The Kier molecular flexibility index (Phi) is 5.48. The number of rotatable bonds is 6. The fourth-order valence-corrected chi connectivity index (χ4v) is 3.01. The summed E-state index contributed by atoms with van der Waals surface area (Å²) < 4.78 is 14.6. The number of pyridine rings is 1. The predicted molar refractivity (Wildman–Crippen MR) is 111 cm³/mol. The van der Waals surface area contributed by atoms with Crippen LogP contribution < -0.4 is 5.32 Å². The van der Waals surface area contributed by atoms with Crippen molar-refractivity contribution in [2.45, 2.75) is 6.54 Å². The Labute approximate surface area is 176 Å². The Morgan fingerprint density at radius 2 is 1.81 bits per heavy atom. The molecule has 9 heteroatoms. The van der Waals surface area contributed by atoms with Crippen LogP contribution in [0.4, 0.5) is 10.1 Å². The highest BCUT2D eigenvalue weighted by Gasteiger charge is 2.19. The molecule has 4 rings (SSSR count). The lowest BCUT2D eigenvalue weighted by molar-refractivity contribution is -0.384. The van der Waals surface area contributed by atoms with Crippen LogP contribution in [0.25, 0.3) is 16.9 Å². The number of halogens is 1. The summed E-state index contributed by atoms with van der Waals surface area (Å²) in [6.07, 6.45) is 3.25. The first-order valence-corrected chi connectivity index (χ1v) is 9.29. The molecular weight excluding hydrogens is 401 g/mol. The standard InChI is InChI=1S/C22H16FN5O3/c23-17-6-4-16(5-7-17)20-13-21(22(29)25-14-15-8-10-24-11-9-15)27(26-20)18-2-1-3-19(12-18)28(30)31/h1-13H,14H2,(H,25,29). The van der Waals surface area contributed by atoms with E-state index < -0.39 is 16.6 Å². The van der Waals surface area contributed by atoms with Crippen molar-refractivity contribution in [3.63, 3.8) is 0 Å². The van der Waals surface area contributed by atoms with E-state index in [1.807, 2.05) is 0 Å². The third-order valence-corrected chi connectivity index (χ3v) is 4.57. The van der Waals surface area contributed by atoms with Gasteiger partial charge in [-0.25, -0.2) is 9.07 Å². The predicted octanol–water partition coefficient (Wildman–Crippen LogP) is 3.91. The average Bonchev–Trinajstić information content (AvgIpc) is 3.24. The summed E-state index contributed by atoms with van der Waals surface area (Å²) in [5.74, 6) is -0.804. The van der Waals surface area contributed by atoms with Crippen LogP contribution in [0.2, 0.25) is 0 Å². The second-order valence-electron chi connectivity index (χ2n) is 6.65. The first-order valence-electron chi connectivity index (χ1n) is 9.29. The molecule has 154 valence electrons. The SMILES string of the molecule is O=C(NCc1ccncc1)c1cc(-c2ccc(F)cc2)nn1-c1cccc([N+](=O)[O-])c1. The van der Waals surface area contributed by atoms with Gasteiger partial charge in [-0.3, -0.25) is 19.9 Å². The molecule has 0 bridgehead atoms. The molecule has 0 aliphatic rings. The normalized spacial score (nSPS) is 10.6. The molecule has 0 atom stereocenters. The monoisotopic (exact) mass is 417 g/mol. The van der Waals surface area contributed by atoms with E-state index in [1.54, 1.807) is 48.8 Å². The maximum Gasteiger partial charge on any atom is 0.271 e. The molecule has 0 unspecified atom stereocenters. The number of nitrogens with zero attached hydrogens (tertiary/aromatic N) is 4. The number of aromatic nitrogens is 3. The van der Waals surface area contributed by atoms with Gasteiger partial charge < -0.3 is 5.32 Å². The summed E-state index contributed by atoms with van der Waals surface area (Å²) in [6, 6.07) is 16.6. The fourth-order valence-electron chi connectivity index (χ4n) is 3.01. The summed E-state index contributed by atoms with van der Waals surface area (Å²) in [6.45, 7) is 0.271. The van der Waals surface area contributed by atoms with Crippen LogP contribution in [0.3, 0.4) is 0 Å². The van der Waals surface area contributed by atoms with Crippen molar-refractivity contribution in [3.05, 3.63) is 106 Å². The van der Waals surface area contributed by atoms with Gasteiger partial charge in [-0.1, -0.05) is 6.07 Å². The maximum absolute atomic E-state index is 13.3. The number of nitro groups is 1. The van der Waals surface area contributed by atoms with Crippen LogP contribution in [-0.2, 0) is 6.54 Å². The Morgan fingerprint density at radius 1 is 1.06 bits per heavy atom. The van der Waals surface area contributed by atoms with Crippen molar-refractivity contribution in [2.24, 2.45) is 0 Å². The first kappa shape index (κ1) is 19.9. The average molecular weight is 417 g/mol. The van der Waals surface area contributed by atoms with Crippen molar-refractivity contribution in [1.29, 1.82) is 0 Å². The lowest BCUT2D eigenvalue weighted by Gasteiger charge is -2.08. The highest BCUT2D eigenvalue weighted by atomic mass is 19.1. The number of benzene rings is 2. The Bertz CT molecular complexity index is 1240. The van der Waals surface area contributed by atoms with Crippen molar-refractivity contribution < 1.29 is 14.1 Å². The van der Waals surface area contributed by atoms with Gasteiger partial charge >= 0.3 is 0 Å². The van der Waals surface area contributed by atoms with Gasteiger partial charge in [-0.15, -0.1) is 0 Å². The quantitative estimate of drug-likeness (QED) is 0.378. The van der Waals surface area contributed by atoms with Crippen LogP contribution in [0, 0.1) is 15.9 Å². The van der Waals surface area contributed by atoms with E-state index in [0.717, 1.165) is 5.56 Å². The zero-order valence-corrected chi connectivity index (χ0v) is 16.1. The maximum atomic E-state index is 13.3.